The fourth-order valence-electron chi connectivity index (χ4n) is 2.91. The molecule has 0 fully saturated rings. The quantitative estimate of drug-likeness (QED) is 0.543. The molecule has 9 heteroatoms. The van der Waals surface area contributed by atoms with E-state index >= 15 is 0 Å². The monoisotopic (exact) mass is 406 g/mol. The Labute approximate surface area is 171 Å². The highest BCUT2D eigenvalue weighted by molar-refractivity contribution is 7.10. The number of carbonyl (C=O) groups excluding carboxylic acids is 1. The Hall–Kier alpha value is -3.59. The Morgan fingerprint density at radius 1 is 1.14 bits per heavy atom. The number of rotatable bonds is 5. The van der Waals surface area contributed by atoms with Crippen molar-refractivity contribution in [2.75, 3.05) is 12.4 Å². The number of ether oxygens (including phenoxy) is 1. The molecule has 4 aromatic rings. The smallest absolute Gasteiger partial charge is 0.261 e. The summed E-state index contributed by atoms with van der Waals surface area (Å²) in [5.41, 5.74) is 3.86. The second kappa shape index (κ2) is 7.80. The normalized spacial score (nSPS) is 10.7. The van der Waals surface area contributed by atoms with Crippen LogP contribution in [0.15, 0.2) is 48.5 Å². The van der Waals surface area contributed by atoms with Gasteiger partial charge >= 0.3 is 0 Å². The van der Waals surface area contributed by atoms with Crippen molar-refractivity contribution in [3.8, 4) is 23.0 Å². The fraction of sp³-hybridized carbons (Fsp3) is 0.150. The van der Waals surface area contributed by atoms with Crippen LogP contribution in [0.25, 0.3) is 17.2 Å². The van der Waals surface area contributed by atoms with Crippen molar-refractivity contribution in [1.29, 1.82) is 0 Å². The van der Waals surface area contributed by atoms with Crippen molar-refractivity contribution < 1.29 is 9.53 Å². The molecule has 0 aliphatic rings. The topological polar surface area (TPSA) is 94.8 Å². The maximum absolute atomic E-state index is 12.5. The molecule has 2 aromatic carbocycles. The minimum atomic E-state index is -0.315. The number of benzene rings is 2. The molecule has 4 rings (SSSR count). The van der Waals surface area contributed by atoms with Gasteiger partial charge in [-0.25, -0.2) is 4.68 Å². The summed E-state index contributed by atoms with van der Waals surface area (Å²) in [6, 6.07) is 15.0. The molecule has 2 aromatic heterocycles. The predicted molar refractivity (Wildman–Crippen MR) is 111 cm³/mol. The van der Waals surface area contributed by atoms with E-state index in [0.717, 1.165) is 28.5 Å². The van der Waals surface area contributed by atoms with Crippen LogP contribution in [0.2, 0.25) is 0 Å². The van der Waals surface area contributed by atoms with E-state index in [2.05, 4.69) is 25.0 Å². The van der Waals surface area contributed by atoms with Crippen LogP contribution >= 0.6 is 11.5 Å². The lowest BCUT2D eigenvalue weighted by Gasteiger charge is -2.06. The third kappa shape index (κ3) is 3.72. The van der Waals surface area contributed by atoms with E-state index in [1.807, 2.05) is 38.1 Å². The lowest BCUT2D eigenvalue weighted by molar-refractivity contribution is 0.102. The van der Waals surface area contributed by atoms with Gasteiger partial charge in [-0.3, -0.25) is 10.1 Å². The first-order valence-electron chi connectivity index (χ1n) is 8.84. The van der Waals surface area contributed by atoms with Gasteiger partial charge in [-0.15, -0.1) is 5.10 Å². The average molecular weight is 406 g/mol. The Morgan fingerprint density at radius 3 is 2.76 bits per heavy atom. The number of nitrogens with one attached hydrogen (secondary N) is 1. The van der Waals surface area contributed by atoms with Crippen molar-refractivity contribution in [2.24, 2.45) is 0 Å². The van der Waals surface area contributed by atoms with Crippen LogP contribution in [0, 0.1) is 13.8 Å². The summed E-state index contributed by atoms with van der Waals surface area (Å²) in [7, 11) is 1.52. The lowest BCUT2D eigenvalue weighted by atomic mass is 10.2. The molecular formula is C20H18N6O2S. The van der Waals surface area contributed by atoms with Crippen LogP contribution in [0.1, 0.15) is 21.6 Å². The van der Waals surface area contributed by atoms with Gasteiger partial charge in [0.15, 0.2) is 11.5 Å². The molecular weight excluding hydrogens is 388 g/mol. The van der Waals surface area contributed by atoms with Crippen molar-refractivity contribution >= 4 is 22.6 Å². The molecule has 146 valence electrons. The van der Waals surface area contributed by atoms with Crippen LogP contribution in [-0.4, -0.2) is 37.4 Å². The molecule has 29 heavy (non-hydrogen) atoms. The highest BCUT2D eigenvalue weighted by Gasteiger charge is 2.19. The zero-order chi connectivity index (χ0) is 20.4. The number of hydrogen-bond acceptors (Lipinski definition) is 7. The van der Waals surface area contributed by atoms with Gasteiger partial charge in [-0.2, -0.15) is 9.36 Å². The molecule has 8 nitrogen and oxygen atoms in total. The SMILES string of the molecule is COc1ccccc1C(=O)Nc1nc(-c2nnn(-c3cccc(C)c3)c2C)ns1. The highest BCUT2D eigenvalue weighted by Crippen LogP contribution is 2.25. The van der Waals surface area contributed by atoms with Gasteiger partial charge in [0.05, 0.1) is 24.1 Å². The van der Waals surface area contributed by atoms with Gasteiger partial charge in [0.1, 0.15) is 5.75 Å². The molecule has 0 radical (unpaired) electrons. The summed E-state index contributed by atoms with van der Waals surface area (Å²) in [5, 5.41) is 11.6. The first-order chi connectivity index (χ1) is 14.1. The molecule has 0 saturated heterocycles. The molecule has 1 N–H and O–H groups in total. The van der Waals surface area contributed by atoms with Crippen molar-refractivity contribution in [1.82, 2.24) is 24.4 Å². The molecule has 1 amide bonds. The number of carbonyl (C=O) groups is 1. The molecule has 0 unspecified atom stereocenters. The van der Waals surface area contributed by atoms with Crippen LogP contribution < -0.4 is 10.1 Å². The minimum Gasteiger partial charge on any atom is -0.496 e. The molecule has 0 saturated carbocycles. The molecule has 0 aliphatic carbocycles. The Kier molecular flexibility index (Phi) is 5.05. The standard InChI is InChI=1S/C20H18N6O2S/c1-12-7-6-8-14(11-12)26-13(2)17(23-25-26)18-21-20(29-24-18)22-19(27)15-9-4-5-10-16(15)28-3/h4-11H,1-3H3,(H,21,22,24,27). The van der Waals surface area contributed by atoms with Gasteiger partial charge in [-0.05, 0) is 43.7 Å². The number of hydrogen-bond donors (Lipinski definition) is 1. The third-order valence-electron chi connectivity index (χ3n) is 4.35. The largest absolute Gasteiger partial charge is 0.496 e. The Morgan fingerprint density at radius 2 is 1.97 bits per heavy atom. The molecule has 2 heterocycles. The zero-order valence-electron chi connectivity index (χ0n) is 16.1. The van der Waals surface area contributed by atoms with Gasteiger partial charge in [-0.1, -0.05) is 29.5 Å². The van der Waals surface area contributed by atoms with E-state index in [-0.39, 0.29) is 5.91 Å². The number of para-hydroxylation sites is 1. The van der Waals surface area contributed by atoms with Crippen LogP contribution in [0.4, 0.5) is 5.13 Å². The summed E-state index contributed by atoms with van der Waals surface area (Å²) in [4.78, 5) is 16.9. The van der Waals surface area contributed by atoms with Crippen molar-refractivity contribution in [2.45, 2.75) is 13.8 Å². The molecule has 0 spiro atoms. The Balaban J connectivity index is 1.58. The minimum absolute atomic E-state index is 0.315. The highest BCUT2D eigenvalue weighted by atomic mass is 32.1. The van der Waals surface area contributed by atoms with E-state index in [9.17, 15) is 4.79 Å². The van der Waals surface area contributed by atoms with Crippen LogP contribution in [-0.2, 0) is 0 Å². The van der Waals surface area contributed by atoms with E-state index in [0.29, 0.717) is 28.0 Å². The van der Waals surface area contributed by atoms with Crippen LogP contribution in [0.3, 0.4) is 0 Å². The second-order valence-electron chi connectivity index (χ2n) is 6.35. The molecule has 0 atom stereocenters. The fourth-order valence-corrected chi connectivity index (χ4v) is 3.47. The Bertz CT molecular complexity index is 1180. The van der Waals surface area contributed by atoms with Crippen molar-refractivity contribution in [3.05, 3.63) is 65.4 Å². The van der Waals surface area contributed by atoms with Gasteiger partial charge in [0.25, 0.3) is 5.91 Å². The van der Waals surface area contributed by atoms with E-state index in [1.165, 1.54) is 7.11 Å². The third-order valence-corrected chi connectivity index (χ3v) is 4.98. The summed E-state index contributed by atoms with van der Waals surface area (Å²) in [6.07, 6.45) is 0. The maximum atomic E-state index is 12.5. The van der Waals surface area contributed by atoms with E-state index in [4.69, 9.17) is 4.74 Å². The number of methoxy groups -OCH3 is 1. The second-order valence-corrected chi connectivity index (χ2v) is 7.10. The predicted octanol–water partition coefficient (Wildman–Crippen LogP) is 3.66. The number of anilines is 1. The number of nitrogens with zero attached hydrogens (tertiary/aromatic N) is 5. The lowest BCUT2D eigenvalue weighted by Crippen LogP contribution is -2.12. The van der Waals surface area contributed by atoms with E-state index < -0.39 is 0 Å². The van der Waals surface area contributed by atoms with Gasteiger partial charge in [0, 0.05) is 11.5 Å². The summed E-state index contributed by atoms with van der Waals surface area (Å²) < 4.78 is 11.3. The van der Waals surface area contributed by atoms with Crippen LogP contribution in [0.5, 0.6) is 5.75 Å². The molecule has 0 aliphatic heterocycles. The van der Waals surface area contributed by atoms with Gasteiger partial charge in [0.2, 0.25) is 5.13 Å². The number of amides is 1. The summed E-state index contributed by atoms with van der Waals surface area (Å²) >= 11 is 1.09. The zero-order valence-corrected chi connectivity index (χ0v) is 16.9. The van der Waals surface area contributed by atoms with E-state index in [1.54, 1.807) is 28.9 Å². The maximum Gasteiger partial charge on any atom is 0.261 e. The summed E-state index contributed by atoms with van der Waals surface area (Å²) in [6.45, 7) is 3.93. The van der Waals surface area contributed by atoms with Crippen molar-refractivity contribution in [3.63, 3.8) is 0 Å². The average Bonchev–Trinajstić information content (AvgIpc) is 3.34. The summed E-state index contributed by atoms with van der Waals surface area (Å²) in [5.74, 6) is 0.596. The first-order valence-corrected chi connectivity index (χ1v) is 9.62. The number of aromatic nitrogens is 5. The molecule has 0 bridgehead atoms. The first kappa shape index (κ1) is 18.8. The number of aryl methyl sites for hydroxylation is 1. The van der Waals surface area contributed by atoms with Gasteiger partial charge < -0.3 is 4.74 Å².